The third kappa shape index (κ3) is 2.67. The van der Waals surface area contributed by atoms with Crippen LogP contribution in [0.4, 0.5) is 5.82 Å². The molecule has 0 spiro atoms. The minimum Gasteiger partial charge on any atom is -0.370 e. The molecule has 0 amide bonds. The molecule has 3 aromatic rings. The lowest BCUT2D eigenvalue weighted by Gasteiger charge is -2.11. The van der Waals surface area contributed by atoms with Crippen LogP contribution in [0.1, 0.15) is 24.0 Å². The molecule has 3 heterocycles. The zero-order chi connectivity index (χ0) is 16.5. The zero-order valence-electron chi connectivity index (χ0n) is 13.6. The lowest BCUT2D eigenvalue weighted by atomic mass is 10.1. The minimum atomic E-state index is 0.745. The molecular weight excluding hydrogens is 320 g/mol. The Labute approximate surface area is 146 Å². The van der Waals surface area contributed by atoms with Gasteiger partial charge in [-0.2, -0.15) is 5.10 Å². The highest BCUT2D eigenvalue weighted by atomic mass is 35.5. The number of hydrogen-bond acceptors (Lipinski definition) is 3. The number of nitrogens with zero attached hydrogens (tertiary/aromatic N) is 3. The second-order valence-electron chi connectivity index (χ2n) is 6.14. The number of rotatable bonds is 2. The van der Waals surface area contributed by atoms with Crippen LogP contribution in [0.15, 0.2) is 42.7 Å². The maximum absolute atomic E-state index is 6.12. The topological polar surface area (TPSA) is 42.7 Å². The van der Waals surface area contributed by atoms with E-state index < -0.39 is 0 Å². The van der Waals surface area contributed by atoms with Crippen LogP contribution in [0, 0.1) is 6.92 Å². The van der Waals surface area contributed by atoms with Crippen molar-refractivity contribution in [2.45, 2.75) is 26.2 Å². The number of pyridine rings is 1. The normalized spacial score (nSPS) is 13.9. The summed E-state index contributed by atoms with van der Waals surface area (Å²) >= 11 is 6.12. The molecule has 0 radical (unpaired) electrons. The van der Waals surface area contributed by atoms with Gasteiger partial charge < -0.3 is 5.32 Å². The molecule has 1 N–H and O–H groups in total. The number of nitrogens with one attached hydrogen (secondary N) is 1. The van der Waals surface area contributed by atoms with Crippen LogP contribution in [0.2, 0.25) is 5.02 Å². The van der Waals surface area contributed by atoms with Crippen molar-refractivity contribution in [3.05, 3.63) is 58.9 Å². The molecule has 1 aliphatic rings. The predicted octanol–water partition coefficient (Wildman–Crippen LogP) is 4.64. The van der Waals surface area contributed by atoms with Crippen molar-refractivity contribution in [2.75, 3.05) is 11.9 Å². The third-order valence-corrected chi connectivity index (χ3v) is 4.69. The Hall–Kier alpha value is -2.33. The van der Waals surface area contributed by atoms with Crippen molar-refractivity contribution in [3.63, 3.8) is 0 Å². The maximum Gasteiger partial charge on any atom is 0.133 e. The molecule has 2 aromatic heterocycles. The second-order valence-corrected chi connectivity index (χ2v) is 6.58. The first-order valence-corrected chi connectivity index (χ1v) is 8.64. The van der Waals surface area contributed by atoms with Crippen molar-refractivity contribution < 1.29 is 0 Å². The molecule has 0 atom stereocenters. The van der Waals surface area contributed by atoms with Gasteiger partial charge in [-0.05, 0) is 62.1 Å². The summed E-state index contributed by atoms with van der Waals surface area (Å²) in [5.74, 6) is 1.09. The Kier molecular flexibility index (Phi) is 3.98. The van der Waals surface area contributed by atoms with E-state index in [0.717, 1.165) is 46.3 Å². The molecule has 1 aliphatic heterocycles. The van der Waals surface area contributed by atoms with Crippen molar-refractivity contribution >= 4 is 17.4 Å². The van der Waals surface area contributed by atoms with Crippen molar-refractivity contribution in [1.29, 1.82) is 0 Å². The van der Waals surface area contributed by atoms with E-state index in [9.17, 15) is 0 Å². The predicted molar refractivity (Wildman–Crippen MR) is 98.0 cm³/mol. The van der Waals surface area contributed by atoms with Gasteiger partial charge in [0.15, 0.2) is 0 Å². The van der Waals surface area contributed by atoms with E-state index in [1.54, 1.807) is 6.20 Å². The molecular formula is C19H19ClN4. The van der Waals surface area contributed by atoms with Crippen LogP contribution in [-0.2, 0) is 6.42 Å². The second kappa shape index (κ2) is 6.29. The van der Waals surface area contributed by atoms with Gasteiger partial charge >= 0.3 is 0 Å². The van der Waals surface area contributed by atoms with E-state index in [4.69, 9.17) is 16.7 Å². The van der Waals surface area contributed by atoms with E-state index in [0.29, 0.717) is 0 Å². The molecule has 0 fully saturated rings. The standard InChI is InChI=1S/C19H19ClN4/c1-13-11-15(20)7-8-17(13)24-19-16(6-2-3-10-22-19)18(23-24)14-5-4-9-21-12-14/h4-5,7-9,11-12,22H,2-3,6,10H2,1H3. The number of anilines is 1. The van der Waals surface area contributed by atoms with Gasteiger partial charge in [-0.3, -0.25) is 4.98 Å². The van der Waals surface area contributed by atoms with Gasteiger partial charge in [-0.15, -0.1) is 0 Å². The average Bonchev–Trinajstić information content (AvgIpc) is 2.78. The van der Waals surface area contributed by atoms with E-state index in [2.05, 4.69) is 23.3 Å². The van der Waals surface area contributed by atoms with Gasteiger partial charge in [0, 0.05) is 35.1 Å². The highest BCUT2D eigenvalue weighted by Crippen LogP contribution is 2.34. The Balaban J connectivity index is 1.93. The first-order valence-electron chi connectivity index (χ1n) is 8.27. The van der Waals surface area contributed by atoms with E-state index in [1.165, 1.54) is 18.4 Å². The Morgan fingerprint density at radius 1 is 1.21 bits per heavy atom. The monoisotopic (exact) mass is 338 g/mol. The smallest absolute Gasteiger partial charge is 0.133 e. The van der Waals surface area contributed by atoms with Crippen LogP contribution in [-0.4, -0.2) is 21.3 Å². The van der Waals surface area contributed by atoms with Crippen LogP contribution < -0.4 is 5.32 Å². The summed E-state index contributed by atoms with van der Waals surface area (Å²) in [5, 5.41) is 9.25. The molecule has 5 heteroatoms. The number of hydrogen-bond donors (Lipinski definition) is 1. The number of benzene rings is 1. The van der Waals surface area contributed by atoms with Gasteiger partial charge in [-0.25, -0.2) is 4.68 Å². The summed E-state index contributed by atoms with van der Waals surface area (Å²) in [6, 6.07) is 9.95. The van der Waals surface area contributed by atoms with E-state index in [1.807, 2.05) is 35.1 Å². The summed E-state index contributed by atoms with van der Waals surface area (Å²) in [6.45, 7) is 3.04. The van der Waals surface area contributed by atoms with E-state index >= 15 is 0 Å². The summed E-state index contributed by atoms with van der Waals surface area (Å²) in [7, 11) is 0. The maximum atomic E-state index is 6.12. The zero-order valence-corrected chi connectivity index (χ0v) is 14.3. The first kappa shape index (κ1) is 15.2. The van der Waals surface area contributed by atoms with Crippen molar-refractivity contribution in [2.24, 2.45) is 0 Å². The highest BCUT2D eigenvalue weighted by molar-refractivity contribution is 6.30. The van der Waals surface area contributed by atoms with Crippen molar-refractivity contribution in [1.82, 2.24) is 14.8 Å². The number of aromatic nitrogens is 3. The lowest BCUT2D eigenvalue weighted by molar-refractivity contribution is 0.779. The number of fused-ring (bicyclic) bond motifs is 1. The Morgan fingerprint density at radius 2 is 2.12 bits per heavy atom. The van der Waals surface area contributed by atoms with Crippen molar-refractivity contribution in [3.8, 4) is 16.9 Å². The van der Waals surface area contributed by atoms with Crippen LogP contribution in [0.3, 0.4) is 0 Å². The van der Waals surface area contributed by atoms with Crippen LogP contribution in [0.5, 0.6) is 0 Å². The SMILES string of the molecule is Cc1cc(Cl)ccc1-n1nc(-c2cccnc2)c2c1NCCCC2. The largest absolute Gasteiger partial charge is 0.370 e. The molecule has 24 heavy (non-hydrogen) atoms. The van der Waals surface area contributed by atoms with Gasteiger partial charge in [0.05, 0.1) is 11.4 Å². The molecule has 4 rings (SSSR count). The minimum absolute atomic E-state index is 0.745. The van der Waals surface area contributed by atoms with Gasteiger partial charge in [0.25, 0.3) is 0 Å². The fraction of sp³-hybridized carbons (Fsp3) is 0.263. The van der Waals surface area contributed by atoms with E-state index in [-0.39, 0.29) is 0 Å². The third-order valence-electron chi connectivity index (χ3n) is 4.45. The Bertz CT molecular complexity index is 871. The molecule has 0 aliphatic carbocycles. The number of halogens is 1. The van der Waals surface area contributed by atoms with Gasteiger partial charge in [0.1, 0.15) is 5.82 Å². The average molecular weight is 339 g/mol. The summed E-state index contributed by atoms with van der Waals surface area (Å²) in [6.07, 6.45) is 7.03. The molecule has 0 bridgehead atoms. The quantitative estimate of drug-likeness (QED) is 0.740. The highest BCUT2D eigenvalue weighted by Gasteiger charge is 2.22. The van der Waals surface area contributed by atoms with Crippen LogP contribution in [0.25, 0.3) is 16.9 Å². The fourth-order valence-corrected chi connectivity index (χ4v) is 3.49. The van der Waals surface area contributed by atoms with Crippen LogP contribution >= 0.6 is 11.6 Å². The molecule has 1 aromatic carbocycles. The molecule has 122 valence electrons. The summed E-state index contributed by atoms with van der Waals surface area (Å²) in [5.41, 5.74) is 5.51. The first-order chi connectivity index (χ1) is 11.7. The lowest BCUT2D eigenvalue weighted by Crippen LogP contribution is -2.08. The summed E-state index contributed by atoms with van der Waals surface area (Å²) < 4.78 is 2.02. The van der Waals surface area contributed by atoms with Gasteiger partial charge in [-0.1, -0.05) is 11.6 Å². The molecule has 0 saturated heterocycles. The summed E-state index contributed by atoms with van der Waals surface area (Å²) in [4.78, 5) is 4.26. The Morgan fingerprint density at radius 3 is 2.92 bits per heavy atom. The number of aryl methyl sites for hydroxylation is 1. The molecule has 0 unspecified atom stereocenters. The fourth-order valence-electron chi connectivity index (χ4n) is 3.27. The van der Waals surface area contributed by atoms with Gasteiger partial charge in [0.2, 0.25) is 0 Å². The molecule has 4 nitrogen and oxygen atoms in total. The molecule has 0 saturated carbocycles.